The number of halogens is 1. The molecule has 0 aliphatic carbocycles. The molecule has 0 bridgehead atoms. The molecule has 0 radical (unpaired) electrons. The average molecular weight is 506 g/mol. The number of thiophene rings is 1. The summed E-state index contributed by atoms with van der Waals surface area (Å²) >= 11 is 7.59. The van der Waals surface area contributed by atoms with Gasteiger partial charge in [-0.25, -0.2) is 4.98 Å². The first-order valence-electron chi connectivity index (χ1n) is 11.2. The normalized spacial score (nSPS) is 13.2. The minimum Gasteiger partial charge on any atom is -0.494 e. The van der Waals surface area contributed by atoms with E-state index in [1.165, 1.54) is 11.3 Å². The Labute approximate surface area is 211 Å². The number of aryl methyl sites for hydroxylation is 2. The number of pyridine rings is 1. The predicted octanol–water partition coefficient (Wildman–Crippen LogP) is 5.34. The molecule has 1 atom stereocenters. The number of hydrogen-bond acceptors (Lipinski definition) is 5. The molecule has 8 heteroatoms. The lowest BCUT2D eigenvalue weighted by Gasteiger charge is -2.28. The fourth-order valence-corrected chi connectivity index (χ4v) is 5.64. The highest BCUT2D eigenvalue weighted by Crippen LogP contribution is 2.42. The Morgan fingerprint density at radius 3 is 2.63 bits per heavy atom. The van der Waals surface area contributed by atoms with Crippen LogP contribution in [0.3, 0.4) is 0 Å². The highest BCUT2D eigenvalue weighted by atomic mass is 35.5. The Balaban J connectivity index is 1.80. The molecule has 3 aromatic heterocycles. The van der Waals surface area contributed by atoms with Crippen LogP contribution in [0, 0.1) is 0 Å². The minimum absolute atomic E-state index is 0.117. The second kappa shape index (κ2) is 9.00. The quantitative estimate of drug-likeness (QED) is 0.338. The number of rotatable bonds is 6. The molecule has 0 fully saturated rings. The summed E-state index contributed by atoms with van der Waals surface area (Å²) in [6, 6.07) is 18.6. The molecule has 1 unspecified atom stereocenters. The van der Waals surface area contributed by atoms with Crippen molar-refractivity contribution in [3.05, 3.63) is 104 Å². The van der Waals surface area contributed by atoms with E-state index in [1.807, 2.05) is 62.5 Å². The molecule has 0 saturated heterocycles. The molecule has 1 N–H and O–H groups in total. The zero-order chi connectivity index (χ0) is 24.7. The number of nitrogens with zero attached hydrogens (tertiary/aromatic N) is 3. The number of ether oxygens (including phenoxy) is 1. The number of benzene rings is 2. The highest BCUT2D eigenvalue weighted by molar-refractivity contribution is 7.16. The predicted molar refractivity (Wildman–Crippen MR) is 140 cm³/mol. The van der Waals surface area contributed by atoms with Crippen LogP contribution in [-0.4, -0.2) is 25.8 Å². The van der Waals surface area contributed by atoms with Crippen LogP contribution in [0.15, 0.2) is 78.0 Å². The molecule has 0 spiro atoms. The van der Waals surface area contributed by atoms with E-state index in [4.69, 9.17) is 16.3 Å². The molecule has 6 nitrogen and oxygen atoms in total. The number of aliphatic hydroxyl groups is 1. The smallest absolute Gasteiger partial charge is 0.251 e. The molecule has 3 heterocycles. The lowest BCUT2D eigenvalue weighted by Crippen LogP contribution is -2.30. The molecule has 5 rings (SSSR count). The summed E-state index contributed by atoms with van der Waals surface area (Å²) in [5.74, 6) is 0.731. The summed E-state index contributed by atoms with van der Waals surface area (Å²) in [5, 5.41) is 13.1. The van der Waals surface area contributed by atoms with Gasteiger partial charge in [-0.2, -0.15) is 0 Å². The fourth-order valence-electron chi connectivity index (χ4n) is 4.48. The highest BCUT2D eigenvalue weighted by Gasteiger charge is 2.38. The van der Waals surface area contributed by atoms with E-state index in [0.717, 1.165) is 27.8 Å². The number of fused-ring (bicyclic) bond motifs is 1. The Morgan fingerprint density at radius 2 is 1.94 bits per heavy atom. The first-order valence-corrected chi connectivity index (χ1v) is 12.3. The van der Waals surface area contributed by atoms with Crippen LogP contribution in [0.25, 0.3) is 22.0 Å². The SMILES string of the molecule is CCOc1cccc(-c2cc(=O)n(C)c3ccc(C(O)(c4ccc(Cl)s4)c4cncn4C)cc23)c1. The van der Waals surface area contributed by atoms with Crippen molar-refractivity contribution in [3.8, 4) is 16.9 Å². The molecule has 0 amide bonds. The van der Waals surface area contributed by atoms with Gasteiger partial charge in [-0.3, -0.25) is 4.79 Å². The molecule has 178 valence electrons. The summed E-state index contributed by atoms with van der Waals surface area (Å²) in [6.07, 6.45) is 3.32. The second-order valence-electron chi connectivity index (χ2n) is 8.35. The van der Waals surface area contributed by atoms with Crippen LogP contribution in [0.5, 0.6) is 5.75 Å². The maximum absolute atomic E-state index is 12.8. The fraction of sp³-hybridized carbons (Fsp3) is 0.185. The van der Waals surface area contributed by atoms with Crippen molar-refractivity contribution in [2.24, 2.45) is 14.1 Å². The topological polar surface area (TPSA) is 69.3 Å². The maximum atomic E-state index is 12.8. The summed E-state index contributed by atoms with van der Waals surface area (Å²) in [6.45, 7) is 2.48. The van der Waals surface area contributed by atoms with Gasteiger partial charge < -0.3 is 19.0 Å². The van der Waals surface area contributed by atoms with Gasteiger partial charge in [0.15, 0.2) is 5.60 Å². The van der Waals surface area contributed by atoms with Crippen molar-refractivity contribution in [1.29, 1.82) is 0 Å². The first-order chi connectivity index (χ1) is 16.8. The molecule has 2 aromatic carbocycles. The second-order valence-corrected chi connectivity index (χ2v) is 10.1. The number of imidazole rings is 1. The molecule has 35 heavy (non-hydrogen) atoms. The lowest BCUT2D eigenvalue weighted by molar-refractivity contribution is 0.121. The van der Waals surface area contributed by atoms with E-state index in [-0.39, 0.29) is 5.56 Å². The van der Waals surface area contributed by atoms with Gasteiger partial charge in [0.1, 0.15) is 5.75 Å². The Kier molecular flexibility index (Phi) is 6.01. The Hall–Kier alpha value is -3.39. The van der Waals surface area contributed by atoms with Crippen LogP contribution >= 0.6 is 22.9 Å². The summed E-state index contributed by atoms with van der Waals surface area (Å²) in [5.41, 5.74) is 2.04. The van der Waals surface area contributed by atoms with E-state index in [2.05, 4.69) is 4.98 Å². The number of aromatic nitrogens is 3. The van der Waals surface area contributed by atoms with Crippen molar-refractivity contribution < 1.29 is 9.84 Å². The Bertz CT molecular complexity index is 1600. The van der Waals surface area contributed by atoms with Crippen LogP contribution < -0.4 is 10.3 Å². The third-order valence-corrected chi connectivity index (χ3v) is 7.58. The third kappa shape index (κ3) is 3.95. The van der Waals surface area contributed by atoms with Crippen molar-refractivity contribution in [2.75, 3.05) is 6.61 Å². The molecule has 0 aliphatic heterocycles. The van der Waals surface area contributed by atoms with Crippen LogP contribution in [-0.2, 0) is 19.7 Å². The van der Waals surface area contributed by atoms with Crippen LogP contribution in [0.1, 0.15) is 23.1 Å². The van der Waals surface area contributed by atoms with Gasteiger partial charge in [-0.05, 0) is 60.0 Å². The van der Waals surface area contributed by atoms with E-state index < -0.39 is 5.60 Å². The minimum atomic E-state index is -1.49. The standard InChI is InChI=1S/C27H24ClN3O3S/c1-4-34-19-7-5-6-17(12-19)20-14-26(32)31(3)22-9-8-18(13-21(20)22)27(33,23-15-29-16-30(23)2)24-10-11-25(28)35-24/h5-16,33H,4H2,1-3H3. The maximum Gasteiger partial charge on any atom is 0.251 e. The zero-order valence-electron chi connectivity index (χ0n) is 19.5. The van der Waals surface area contributed by atoms with Crippen molar-refractivity contribution >= 4 is 33.8 Å². The van der Waals surface area contributed by atoms with Gasteiger partial charge in [-0.15, -0.1) is 11.3 Å². The van der Waals surface area contributed by atoms with Gasteiger partial charge in [0.05, 0.1) is 34.7 Å². The molecule has 0 saturated carbocycles. The monoisotopic (exact) mass is 505 g/mol. The zero-order valence-corrected chi connectivity index (χ0v) is 21.1. The van der Waals surface area contributed by atoms with Crippen molar-refractivity contribution in [1.82, 2.24) is 14.1 Å². The third-order valence-electron chi connectivity index (χ3n) is 6.24. The molecular formula is C27H24ClN3O3S. The van der Waals surface area contributed by atoms with E-state index in [9.17, 15) is 9.90 Å². The van der Waals surface area contributed by atoms with E-state index in [1.54, 1.807) is 40.8 Å². The van der Waals surface area contributed by atoms with Gasteiger partial charge >= 0.3 is 0 Å². The largest absolute Gasteiger partial charge is 0.494 e. The van der Waals surface area contributed by atoms with Gasteiger partial charge in [0.25, 0.3) is 5.56 Å². The van der Waals surface area contributed by atoms with Crippen molar-refractivity contribution in [2.45, 2.75) is 12.5 Å². The van der Waals surface area contributed by atoms with Crippen LogP contribution in [0.4, 0.5) is 0 Å². The van der Waals surface area contributed by atoms with Crippen LogP contribution in [0.2, 0.25) is 4.34 Å². The van der Waals surface area contributed by atoms with Crippen molar-refractivity contribution in [3.63, 3.8) is 0 Å². The molecule has 5 aromatic rings. The summed E-state index contributed by atoms with van der Waals surface area (Å²) in [4.78, 5) is 17.8. The van der Waals surface area contributed by atoms with Gasteiger partial charge in [-0.1, -0.05) is 29.8 Å². The lowest BCUT2D eigenvalue weighted by atomic mass is 9.87. The Morgan fingerprint density at radius 1 is 1.11 bits per heavy atom. The summed E-state index contributed by atoms with van der Waals surface area (Å²) < 4.78 is 9.68. The van der Waals surface area contributed by atoms with E-state index in [0.29, 0.717) is 27.1 Å². The van der Waals surface area contributed by atoms with Gasteiger partial charge in [0, 0.05) is 30.4 Å². The molecule has 0 aliphatic rings. The van der Waals surface area contributed by atoms with Gasteiger partial charge in [0.2, 0.25) is 0 Å². The molecular weight excluding hydrogens is 482 g/mol. The first kappa shape index (κ1) is 23.4. The average Bonchev–Trinajstić information content (AvgIpc) is 3.49. The number of hydrogen-bond donors (Lipinski definition) is 1. The summed E-state index contributed by atoms with van der Waals surface area (Å²) in [7, 11) is 3.59. The van der Waals surface area contributed by atoms with E-state index >= 15 is 0 Å².